The van der Waals surface area contributed by atoms with E-state index >= 15 is 0 Å². The molecule has 2 aliphatic rings. The second kappa shape index (κ2) is 7.25. The van der Waals surface area contributed by atoms with Gasteiger partial charge < -0.3 is 15.2 Å². The maximum Gasteiger partial charge on any atom is 0.329 e. The number of ether oxygens (including phenoxy) is 1. The Hall–Kier alpha value is -1.10. The van der Waals surface area contributed by atoms with Gasteiger partial charge in [-0.1, -0.05) is 13.3 Å². The molecule has 0 aromatic rings. The van der Waals surface area contributed by atoms with Crippen LogP contribution in [0.5, 0.6) is 0 Å². The lowest BCUT2D eigenvalue weighted by Crippen LogP contribution is -2.56. The topological polar surface area (TPSA) is 75.6 Å². The fraction of sp³-hybridized carbons (Fsp3) is 0.875. The predicted octanol–water partition coefficient (Wildman–Crippen LogP) is 2.34. The summed E-state index contributed by atoms with van der Waals surface area (Å²) in [6.07, 6.45) is 6.19. The second-order valence-electron chi connectivity index (χ2n) is 6.55. The minimum absolute atomic E-state index is 0.112. The predicted molar refractivity (Wildman–Crippen MR) is 78.9 cm³/mol. The SMILES string of the molecule is CCC1CCC(NC(=O)CC2CCOCC2)(C(=O)O)CC1. The van der Waals surface area contributed by atoms with Crippen molar-refractivity contribution in [2.24, 2.45) is 11.8 Å². The van der Waals surface area contributed by atoms with Crippen LogP contribution in [0.4, 0.5) is 0 Å². The molecule has 0 spiro atoms. The van der Waals surface area contributed by atoms with Gasteiger partial charge in [0.2, 0.25) is 5.91 Å². The van der Waals surface area contributed by atoms with Crippen molar-refractivity contribution in [1.82, 2.24) is 5.32 Å². The van der Waals surface area contributed by atoms with E-state index in [1.165, 1.54) is 0 Å². The van der Waals surface area contributed by atoms with Gasteiger partial charge in [0.1, 0.15) is 5.54 Å². The number of nitrogens with one attached hydrogen (secondary N) is 1. The van der Waals surface area contributed by atoms with E-state index in [1.807, 2.05) is 0 Å². The molecule has 0 aromatic carbocycles. The normalized spacial score (nSPS) is 30.8. The number of aliphatic carboxylic acids is 1. The Kier molecular flexibility index (Phi) is 5.62. The minimum atomic E-state index is -1.03. The lowest BCUT2D eigenvalue weighted by molar-refractivity contribution is -0.150. The lowest BCUT2D eigenvalue weighted by atomic mass is 9.75. The van der Waals surface area contributed by atoms with E-state index in [0.29, 0.717) is 44.3 Å². The number of amides is 1. The molecule has 21 heavy (non-hydrogen) atoms. The smallest absolute Gasteiger partial charge is 0.329 e. The highest BCUT2D eigenvalue weighted by Gasteiger charge is 2.43. The summed E-state index contributed by atoms with van der Waals surface area (Å²) in [4.78, 5) is 23.9. The Labute approximate surface area is 126 Å². The largest absolute Gasteiger partial charge is 0.480 e. The van der Waals surface area contributed by atoms with Gasteiger partial charge in [0.15, 0.2) is 0 Å². The third-order valence-corrected chi connectivity index (χ3v) is 5.14. The van der Waals surface area contributed by atoms with Gasteiger partial charge in [-0.05, 0) is 50.4 Å². The summed E-state index contributed by atoms with van der Waals surface area (Å²) < 4.78 is 5.29. The number of carboxylic acid groups (broad SMARTS) is 1. The van der Waals surface area contributed by atoms with Crippen LogP contribution in [0.15, 0.2) is 0 Å². The molecule has 2 N–H and O–H groups in total. The number of rotatable bonds is 5. The van der Waals surface area contributed by atoms with E-state index in [-0.39, 0.29) is 5.91 Å². The molecule has 1 aliphatic heterocycles. The maximum atomic E-state index is 12.2. The number of hydrogen-bond acceptors (Lipinski definition) is 3. The molecular weight excluding hydrogens is 270 g/mol. The van der Waals surface area contributed by atoms with Crippen molar-refractivity contribution >= 4 is 11.9 Å². The molecule has 2 fully saturated rings. The molecule has 1 saturated heterocycles. The quantitative estimate of drug-likeness (QED) is 0.816. The zero-order chi connectivity index (χ0) is 15.3. The summed E-state index contributed by atoms with van der Waals surface area (Å²) in [6.45, 7) is 3.56. The first kappa shape index (κ1) is 16.3. The third-order valence-electron chi connectivity index (χ3n) is 5.14. The van der Waals surface area contributed by atoms with Crippen LogP contribution in [0.25, 0.3) is 0 Å². The van der Waals surface area contributed by atoms with Crippen molar-refractivity contribution in [2.45, 2.75) is 63.8 Å². The molecule has 0 radical (unpaired) electrons. The molecule has 1 aliphatic carbocycles. The van der Waals surface area contributed by atoms with Crippen molar-refractivity contribution < 1.29 is 19.4 Å². The van der Waals surface area contributed by atoms with Crippen molar-refractivity contribution in [3.63, 3.8) is 0 Å². The summed E-state index contributed by atoms with van der Waals surface area (Å²) >= 11 is 0. The molecule has 0 aromatic heterocycles. The van der Waals surface area contributed by atoms with Gasteiger partial charge in [0.05, 0.1) is 0 Å². The highest BCUT2D eigenvalue weighted by Crippen LogP contribution is 2.34. The molecule has 5 nitrogen and oxygen atoms in total. The molecule has 1 heterocycles. The summed E-state index contributed by atoms with van der Waals surface area (Å²) in [5, 5.41) is 12.4. The van der Waals surface area contributed by atoms with Crippen molar-refractivity contribution in [1.29, 1.82) is 0 Å². The zero-order valence-electron chi connectivity index (χ0n) is 12.9. The van der Waals surface area contributed by atoms with Crippen LogP contribution in [-0.2, 0) is 14.3 Å². The van der Waals surface area contributed by atoms with Gasteiger partial charge >= 0.3 is 5.97 Å². The Morgan fingerprint density at radius 3 is 2.29 bits per heavy atom. The Balaban J connectivity index is 1.90. The molecule has 1 amide bonds. The molecule has 0 bridgehead atoms. The first-order valence-corrected chi connectivity index (χ1v) is 8.18. The fourth-order valence-corrected chi connectivity index (χ4v) is 3.50. The Morgan fingerprint density at radius 1 is 1.14 bits per heavy atom. The van der Waals surface area contributed by atoms with Crippen molar-refractivity contribution in [2.75, 3.05) is 13.2 Å². The van der Waals surface area contributed by atoms with Crippen LogP contribution in [0.3, 0.4) is 0 Å². The monoisotopic (exact) mass is 297 g/mol. The molecule has 0 unspecified atom stereocenters. The summed E-state index contributed by atoms with van der Waals surface area (Å²) in [5.41, 5.74) is -1.03. The summed E-state index contributed by atoms with van der Waals surface area (Å²) in [5.74, 6) is -0.0573. The molecule has 0 atom stereocenters. The van der Waals surface area contributed by atoms with Gasteiger partial charge in [-0.2, -0.15) is 0 Å². The number of carboxylic acids is 1. The van der Waals surface area contributed by atoms with Gasteiger partial charge in [-0.3, -0.25) is 4.79 Å². The average molecular weight is 297 g/mol. The van der Waals surface area contributed by atoms with Crippen LogP contribution in [0.1, 0.15) is 58.3 Å². The second-order valence-corrected chi connectivity index (χ2v) is 6.55. The van der Waals surface area contributed by atoms with E-state index < -0.39 is 11.5 Å². The molecule has 5 heteroatoms. The van der Waals surface area contributed by atoms with Gasteiger partial charge in [0.25, 0.3) is 0 Å². The van der Waals surface area contributed by atoms with Crippen molar-refractivity contribution in [3.05, 3.63) is 0 Å². The van der Waals surface area contributed by atoms with E-state index in [4.69, 9.17) is 4.74 Å². The van der Waals surface area contributed by atoms with Crippen molar-refractivity contribution in [3.8, 4) is 0 Å². The first-order chi connectivity index (χ1) is 10.1. The molecule has 1 saturated carbocycles. The average Bonchev–Trinajstić information content (AvgIpc) is 2.48. The number of carbonyl (C=O) groups excluding carboxylic acids is 1. The van der Waals surface area contributed by atoms with E-state index in [0.717, 1.165) is 32.1 Å². The van der Waals surface area contributed by atoms with Gasteiger partial charge in [0, 0.05) is 19.6 Å². The third kappa shape index (κ3) is 4.19. The fourth-order valence-electron chi connectivity index (χ4n) is 3.50. The van der Waals surface area contributed by atoms with E-state index in [2.05, 4.69) is 12.2 Å². The highest BCUT2D eigenvalue weighted by molar-refractivity contribution is 5.87. The molecule has 120 valence electrons. The van der Waals surface area contributed by atoms with Gasteiger partial charge in [-0.15, -0.1) is 0 Å². The van der Waals surface area contributed by atoms with Crippen LogP contribution in [0, 0.1) is 11.8 Å². The maximum absolute atomic E-state index is 12.2. The summed E-state index contributed by atoms with van der Waals surface area (Å²) in [6, 6.07) is 0. The zero-order valence-corrected chi connectivity index (χ0v) is 12.9. The van der Waals surface area contributed by atoms with Crippen LogP contribution < -0.4 is 5.32 Å². The first-order valence-electron chi connectivity index (χ1n) is 8.18. The van der Waals surface area contributed by atoms with Crippen LogP contribution in [0.2, 0.25) is 0 Å². The van der Waals surface area contributed by atoms with Gasteiger partial charge in [-0.25, -0.2) is 4.79 Å². The Bertz CT molecular complexity index is 368. The standard InChI is InChI=1S/C16H27NO4/c1-2-12-3-7-16(8-4-12,15(19)20)17-14(18)11-13-5-9-21-10-6-13/h12-13H,2-11H2,1H3,(H,17,18)(H,19,20). The lowest BCUT2D eigenvalue weighted by Gasteiger charge is -2.37. The highest BCUT2D eigenvalue weighted by atomic mass is 16.5. The molecule has 2 rings (SSSR count). The molecular formula is C16H27NO4. The minimum Gasteiger partial charge on any atom is -0.480 e. The van der Waals surface area contributed by atoms with E-state index in [1.54, 1.807) is 0 Å². The van der Waals surface area contributed by atoms with E-state index in [9.17, 15) is 14.7 Å². The van der Waals surface area contributed by atoms with Crippen LogP contribution in [-0.4, -0.2) is 35.7 Å². The number of carbonyl (C=O) groups is 2. The number of hydrogen-bond donors (Lipinski definition) is 2. The summed E-state index contributed by atoms with van der Waals surface area (Å²) in [7, 11) is 0. The van der Waals surface area contributed by atoms with Crippen LogP contribution >= 0.6 is 0 Å². The Morgan fingerprint density at radius 2 is 1.76 bits per heavy atom.